The van der Waals surface area contributed by atoms with E-state index in [4.69, 9.17) is 0 Å². The zero-order valence-electron chi connectivity index (χ0n) is 17.9. The number of benzene rings is 2. The average molecular weight is 455 g/mol. The first-order chi connectivity index (χ1) is 16.0. The van der Waals surface area contributed by atoms with Crippen molar-refractivity contribution >= 4 is 49.3 Å². The van der Waals surface area contributed by atoms with Gasteiger partial charge in [-0.05, 0) is 11.6 Å². The van der Waals surface area contributed by atoms with Crippen LogP contribution >= 0.6 is 11.3 Å². The van der Waals surface area contributed by atoms with Gasteiger partial charge in [0, 0.05) is 30.4 Å². The van der Waals surface area contributed by atoms with Crippen LogP contribution in [0.4, 0.5) is 0 Å². The number of hydrogen-bond acceptors (Lipinski definition) is 6. The van der Waals surface area contributed by atoms with Crippen LogP contribution in [0.2, 0.25) is 0 Å². The number of ketones is 1. The third kappa shape index (κ3) is 2.93. The summed E-state index contributed by atoms with van der Waals surface area (Å²) in [5, 5.41) is 10.9. The SMILES string of the molecule is Cn1ncc2c(Cn3ncc4c5sc(C(=O)c6ccccc6)nc5n(C)c4c3=O)cccc21. The number of thiazole rings is 1. The minimum absolute atomic E-state index is 0.129. The van der Waals surface area contributed by atoms with Crippen molar-refractivity contribution in [2.45, 2.75) is 6.54 Å². The van der Waals surface area contributed by atoms with Crippen molar-refractivity contribution in [3.8, 4) is 0 Å². The van der Waals surface area contributed by atoms with Crippen LogP contribution in [-0.2, 0) is 20.6 Å². The fourth-order valence-electron chi connectivity index (χ4n) is 4.25. The van der Waals surface area contributed by atoms with Gasteiger partial charge >= 0.3 is 0 Å². The Bertz CT molecular complexity index is 1760. The molecule has 0 N–H and O–H groups in total. The molecule has 162 valence electrons. The number of carbonyl (C=O) groups excluding carboxylic acids is 1. The van der Waals surface area contributed by atoms with Gasteiger partial charge in [0.05, 0.1) is 29.2 Å². The van der Waals surface area contributed by atoms with Gasteiger partial charge in [0.25, 0.3) is 5.56 Å². The monoisotopic (exact) mass is 454 g/mol. The number of carbonyl (C=O) groups is 1. The van der Waals surface area contributed by atoms with Crippen molar-refractivity contribution in [1.29, 1.82) is 0 Å². The van der Waals surface area contributed by atoms with Gasteiger partial charge in [0.1, 0.15) is 5.52 Å². The van der Waals surface area contributed by atoms with Crippen LogP contribution in [0, 0.1) is 0 Å². The average Bonchev–Trinajstić information content (AvgIpc) is 3.51. The number of nitrogens with zero attached hydrogens (tertiary/aromatic N) is 6. The second-order valence-electron chi connectivity index (χ2n) is 7.91. The summed E-state index contributed by atoms with van der Waals surface area (Å²) < 4.78 is 5.82. The number of aryl methyl sites for hydroxylation is 2. The molecule has 6 rings (SSSR count). The Morgan fingerprint density at radius 1 is 0.970 bits per heavy atom. The Morgan fingerprint density at radius 2 is 1.76 bits per heavy atom. The maximum absolute atomic E-state index is 13.4. The first-order valence-corrected chi connectivity index (χ1v) is 11.2. The summed E-state index contributed by atoms with van der Waals surface area (Å²) in [5.74, 6) is -0.129. The second kappa shape index (κ2) is 7.21. The Morgan fingerprint density at radius 3 is 2.58 bits per heavy atom. The summed E-state index contributed by atoms with van der Waals surface area (Å²) in [4.78, 5) is 30.8. The Labute approximate surface area is 191 Å². The van der Waals surface area contributed by atoms with E-state index in [9.17, 15) is 9.59 Å². The number of aromatic nitrogens is 6. The third-order valence-corrected chi connectivity index (χ3v) is 7.03. The summed E-state index contributed by atoms with van der Waals surface area (Å²) in [7, 11) is 3.69. The van der Waals surface area contributed by atoms with Crippen LogP contribution < -0.4 is 5.56 Å². The molecule has 33 heavy (non-hydrogen) atoms. The lowest BCUT2D eigenvalue weighted by Gasteiger charge is -2.07. The van der Waals surface area contributed by atoms with Gasteiger partial charge in [0.2, 0.25) is 5.78 Å². The molecule has 0 spiro atoms. The van der Waals surface area contributed by atoms with Crippen LogP contribution in [0.5, 0.6) is 0 Å². The predicted octanol–water partition coefficient (Wildman–Crippen LogP) is 3.51. The van der Waals surface area contributed by atoms with E-state index in [2.05, 4.69) is 15.2 Å². The van der Waals surface area contributed by atoms with Gasteiger partial charge in [-0.25, -0.2) is 9.67 Å². The number of hydrogen-bond donors (Lipinski definition) is 0. The van der Waals surface area contributed by atoms with E-state index in [0.29, 0.717) is 33.7 Å². The molecule has 4 heterocycles. The lowest BCUT2D eigenvalue weighted by atomic mass is 10.1. The zero-order chi connectivity index (χ0) is 22.7. The number of rotatable bonds is 4. The molecular weight excluding hydrogens is 436 g/mol. The van der Waals surface area contributed by atoms with Crippen molar-refractivity contribution in [1.82, 2.24) is 29.1 Å². The quantitative estimate of drug-likeness (QED) is 0.381. The molecule has 0 saturated heterocycles. The molecule has 4 aromatic heterocycles. The highest BCUT2D eigenvalue weighted by molar-refractivity contribution is 7.21. The van der Waals surface area contributed by atoms with Crippen LogP contribution in [0.3, 0.4) is 0 Å². The van der Waals surface area contributed by atoms with Crippen molar-refractivity contribution < 1.29 is 4.79 Å². The number of fused-ring (bicyclic) bond motifs is 4. The molecule has 0 unspecified atom stereocenters. The van der Waals surface area contributed by atoms with Crippen LogP contribution in [0.25, 0.3) is 32.2 Å². The van der Waals surface area contributed by atoms with Gasteiger partial charge in [-0.2, -0.15) is 10.2 Å². The zero-order valence-corrected chi connectivity index (χ0v) is 18.7. The molecule has 8 nitrogen and oxygen atoms in total. The molecule has 9 heteroatoms. The van der Waals surface area contributed by atoms with Crippen molar-refractivity contribution in [2.24, 2.45) is 14.1 Å². The fraction of sp³-hybridized carbons (Fsp3) is 0.125. The van der Waals surface area contributed by atoms with Crippen molar-refractivity contribution in [3.05, 3.63) is 87.4 Å². The maximum Gasteiger partial charge on any atom is 0.291 e. The second-order valence-corrected chi connectivity index (χ2v) is 8.91. The van der Waals surface area contributed by atoms with E-state index in [1.54, 1.807) is 29.9 Å². The summed E-state index contributed by atoms with van der Waals surface area (Å²) >= 11 is 1.29. The van der Waals surface area contributed by atoms with Gasteiger partial charge < -0.3 is 4.57 Å². The van der Waals surface area contributed by atoms with E-state index >= 15 is 0 Å². The Balaban J connectivity index is 1.45. The lowest BCUT2D eigenvalue weighted by molar-refractivity contribution is 0.103. The van der Waals surface area contributed by atoms with E-state index in [1.165, 1.54) is 16.0 Å². The van der Waals surface area contributed by atoms with Gasteiger partial charge in [-0.15, -0.1) is 11.3 Å². The molecule has 2 aromatic carbocycles. The van der Waals surface area contributed by atoms with Crippen molar-refractivity contribution in [2.75, 3.05) is 0 Å². The molecular formula is C24H18N6O2S. The molecule has 0 aliphatic rings. The summed E-state index contributed by atoms with van der Waals surface area (Å²) in [5.41, 5.74) is 3.50. The minimum Gasteiger partial charge on any atom is -0.323 e. The minimum atomic E-state index is -0.197. The van der Waals surface area contributed by atoms with Crippen molar-refractivity contribution in [3.63, 3.8) is 0 Å². The van der Waals surface area contributed by atoms with E-state index in [-0.39, 0.29) is 11.3 Å². The molecule has 0 saturated carbocycles. The Hall–Kier alpha value is -4.11. The molecule has 0 aliphatic heterocycles. The molecule has 0 atom stereocenters. The van der Waals surface area contributed by atoms with Crippen LogP contribution in [0.15, 0.2) is 65.7 Å². The lowest BCUT2D eigenvalue weighted by Crippen LogP contribution is -2.24. The molecule has 0 radical (unpaired) electrons. The molecule has 0 bridgehead atoms. The third-order valence-electron chi connectivity index (χ3n) is 5.96. The van der Waals surface area contributed by atoms with E-state index in [1.807, 2.05) is 54.3 Å². The highest BCUT2D eigenvalue weighted by atomic mass is 32.1. The van der Waals surface area contributed by atoms with Crippen LogP contribution in [-0.4, -0.2) is 34.9 Å². The predicted molar refractivity (Wildman–Crippen MR) is 128 cm³/mol. The van der Waals surface area contributed by atoms with E-state index in [0.717, 1.165) is 21.2 Å². The van der Waals surface area contributed by atoms with Gasteiger partial charge in [-0.3, -0.25) is 14.3 Å². The summed E-state index contributed by atoms with van der Waals surface area (Å²) in [6.45, 7) is 0.335. The Kier molecular flexibility index (Phi) is 4.27. The molecule has 0 fully saturated rings. The molecule has 6 aromatic rings. The first kappa shape index (κ1) is 19.6. The van der Waals surface area contributed by atoms with Crippen LogP contribution in [0.1, 0.15) is 20.9 Å². The smallest absolute Gasteiger partial charge is 0.291 e. The largest absolute Gasteiger partial charge is 0.323 e. The molecule has 0 aliphatic carbocycles. The van der Waals surface area contributed by atoms with E-state index < -0.39 is 0 Å². The molecule has 0 amide bonds. The summed E-state index contributed by atoms with van der Waals surface area (Å²) in [6.07, 6.45) is 3.50. The topological polar surface area (TPSA) is 87.6 Å². The van der Waals surface area contributed by atoms with Gasteiger partial charge in [-0.1, -0.05) is 42.5 Å². The first-order valence-electron chi connectivity index (χ1n) is 10.4. The highest BCUT2D eigenvalue weighted by Crippen LogP contribution is 2.31. The maximum atomic E-state index is 13.4. The summed E-state index contributed by atoms with van der Waals surface area (Å²) in [6, 6.07) is 15.0. The normalized spacial score (nSPS) is 11.7. The highest BCUT2D eigenvalue weighted by Gasteiger charge is 2.21. The standard InChI is InChI=1S/C24H18N6O2S/c1-28-19-17(21-22(28)27-23(33-21)20(31)14-7-4-3-5-8-14)12-26-30(24(19)32)13-15-9-6-10-18-16(15)11-25-29(18)2/h3-12H,13H2,1-2H3. The van der Waals surface area contributed by atoms with Gasteiger partial charge in [0.15, 0.2) is 10.7 Å². The fourth-order valence-corrected chi connectivity index (χ4v) is 5.32.